The average molecular weight is 548 g/mol. The summed E-state index contributed by atoms with van der Waals surface area (Å²) in [6, 6.07) is 7.95. The Kier molecular flexibility index (Phi) is 7.31. The molecular weight excluding hydrogens is 520 g/mol. The fraction of sp³-hybridized carbons (Fsp3) is 0.478. The third-order valence-electron chi connectivity index (χ3n) is 7.07. The number of hydrogen-bond acceptors (Lipinski definition) is 5. The number of sulfone groups is 1. The van der Waals surface area contributed by atoms with E-state index < -0.39 is 42.5 Å². The number of benzene rings is 2. The van der Waals surface area contributed by atoms with Crippen LogP contribution in [0.4, 0.5) is 8.78 Å². The number of rotatable bonds is 7. The molecule has 1 saturated heterocycles. The van der Waals surface area contributed by atoms with E-state index in [4.69, 9.17) is 11.6 Å². The van der Waals surface area contributed by atoms with Crippen molar-refractivity contribution in [2.24, 2.45) is 0 Å². The van der Waals surface area contributed by atoms with Gasteiger partial charge in [0.1, 0.15) is 16.4 Å². The van der Waals surface area contributed by atoms with Crippen LogP contribution in [-0.4, -0.2) is 65.3 Å². The summed E-state index contributed by atoms with van der Waals surface area (Å²) < 4.78 is 84.7. The zero-order chi connectivity index (χ0) is 25.6. The lowest BCUT2D eigenvalue weighted by molar-refractivity contribution is 0.131. The van der Waals surface area contributed by atoms with Crippen molar-refractivity contribution in [3.63, 3.8) is 0 Å². The van der Waals surface area contributed by atoms with Crippen LogP contribution < -0.4 is 4.72 Å². The zero-order valence-corrected chi connectivity index (χ0v) is 21.8. The Bertz CT molecular complexity index is 1290. The highest BCUT2D eigenvalue weighted by Gasteiger charge is 2.50. The first kappa shape index (κ1) is 26.4. The van der Waals surface area contributed by atoms with Crippen LogP contribution in [0, 0.1) is 11.6 Å². The minimum absolute atomic E-state index is 0.0556. The van der Waals surface area contributed by atoms with Gasteiger partial charge in [-0.1, -0.05) is 11.6 Å². The Balaban J connectivity index is 1.61. The molecule has 1 heterocycles. The van der Waals surface area contributed by atoms with Crippen LogP contribution in [0.2, 0.25) is 5.02 Å². The van der Waals surface area contributed by atoms with Gasteiger partial charge >= 0.3 is 0 Å². The quantitative estimate of drug-likeness (QED) is 0.575. The Labute approximate surface area is 210 Å². The molecular formula is C23H28ClF2N3O4S2. The molecule has 0 atom stereocenters. The maximum atomic E-state index is 15.0. The van der Waals surface area contributed by atoms with Crippen LogP contribution in [0.5, 0.6) is 0 Å². The first-order valence-electron chi connectivity index (χ1n) is 11.3. The Morgan fingerprint density at radius 2 is 1.60 bits per heavy atom. The molecule has 1 aliphatic carbocycles. The summed E-state index contributed by atoms with van der Waals surface area (Å²) in [4.78, 5) is 1.90. The highest BCUT2D eigenvalue weighted by molar-refractivity contribution is 7.92. The number of nitrogens with one attached hydrogen (secondary N) is 1. The van der Waals surface area contributed by atoms with E-state index in [9.17, 15) is 25.6 Å². The van der Waals surface area contributed by atoms with Crippen LogP contribution >= 0.6 is 11.6 Å². The van der Waals surface area contributed by atoms with E-state index in [2.05, 4.69) is 4.72 Å². The van der Waals surface area contributed by atoms with Gasteiger partial charge in [-0.15, -0.1) is 0 Å². The van der Waals surface area contributed by atoms with Crippen LogP contribution in [-0.2, 0) is 24.8 Å². The Hall–Kier alpha value is -1.63. The number of likely N-dealkylation sites (N-methyl/N-ethyl adjacent to an activating group) is 1. The molecule has 0 radical (unpaired) electrons. The molecule has 12 heteroatoms. The standard InChI is InChI=1S/C23H28ClF2N3O4S2/c1-28(2)19-14-29(15-19)35(32,33)27-18-9-11-23(12-10-18,21-13-17(25)5-8-22(21)26)34(30,31)20-6-3-16(24)4-7-20/h3-8,13,18-19,27H,9-12,14-15H2,1-2H3. The molecule has 1 N–H and O–H groups in total. The normalized spacial score (nSPS) is 24.5. The smallest absolute Gasteiger partial charge is 0.279 e. The van der Waals surface area contributed by atoms with Gasteiger partial charge < -0.3 is 4.90 Å². The molecule has 2 aliphatic rings. The van der Waals surface area contributed by atoms with Gasteiger partial charge in [-0.2, -0.15) is 17.4 Å². The minimum Gasteiger partial charge on any atom is -0.304 e. The largest absolute Gasteiger partial charge is 0.304 e. The first-order chi connectivity index (χ1) is 16.4. The summed E-state index contributed by atoms with van der Waals surface area (Å²) in [6.07, 6.45) is 0.136. The second kappa shape index (κ2) is 9.68. The third-order valence-corrected chi connectivity index (χ3v) is 11.5. The molecule has 2 fully saturated rings. The van der Waals surface area contributed by atoms with Gasteiger partial charge in [0.25, 0.3) is 10.2 Å². The molecule has 192 valence electrons. The van der Waals surface area contributed by atoms with E-state index in [1.807, 2.05) is 19.0 Å². The van der Waals surface area contributed by atoms with Crippen LogP contribution in [0.15, 0.2) is 47.4 Å². The molecule has 2 aromatic carbocycles. The summed E-state index contributed by atoms with van der Waals surface area (Å²) in [5.74, 6) is -1.57. The van der Waals surface area contributed by atoms with Gasteiger partial charge in [-0.3, -0.25) is 0 Å². The molecule has 4 rings (SSSR count). The molecule has 7 nitrogen and oxygen atoms in total. The molecule has 2 aromatic rings. The van der Waals surface area contributed by atoms with Gasteiger partial charge in [0.2, 0.25) is 0 Å². The number of nitrogens with zero attached hydrogens (tertiary/aromatic N) is 2. The topological polar surface area (TPSA) is 86.8 Å². The Morgan fingerprint density at radius 3 is 2.17 bits per heavy atom. The van der Waals surface area contributed by atoms with Crippen LogP contribution in [0.1, 0.15) is 31.2 Å². The van der Waals surface area contributed by atoms with Gasteiger partial charge in [0.05, 0.1) is 4.90 Å². The SMILES string of the molecule is CN(C)C1CN(S(=O)(=O)NC2CCC(c3cc(F)ccc3F)(S(=O)(=O)c3ccc(Cl)cc3)CC2)C1. The number of halogens is 3. The molecule has 0 amide bonds. The summed E-state index contributed by atoms with van der Waals surface area (Å²) in [5, 5.41) is 0.343. The molecule has 0 aromatic heterocycles. The van der Waals surface area contributed by atoms with Crippen molar-refractivity contribution in [2.45, 2.75) is 47.4 Å². The van der Waals surface area contributed by atoms with E-state index in [-0.39, 0.29) is 42.2 Å². The van der Waals surface area contributed by atoms with E-state index in [0.29, 0.717) is 18.1 Å². The predicted octanol–water partition coefficient (Wildman–Crippen LogP) is 3.31. The van der Waals surface area contributed by atoms with Gasteiger partial charge in [-0.05, 0) is 82.2 Å². The van der Waals surface area contributed by atoms with Crippen molar-refractivity contribution in [1.29, 1.82) is 0 Å². The Morgan fingerprint density at radius 1 is 1.00 bits per heavy atom. The maximum absolute atomic E-state index is 15.0. The fourth-order valence-electron chi connectivity index (χ4n) is 4.80. The molecule has 0 bridgehead atoms. The van der Waals surface area contributed by atoms with E-state index in [1.54, 1.807) is 0 Å². The fourth-order valence-corrected chi connectivity index (χ4v) is 8.63. The van der Waals surface area contributed by atoms with Crippen molar-refractivity contribution in [1.82, 2.24) is 13.9 Å². The summed E-state index contributed by atoms with van der Waals surface area (Å²) in [6.45, 7) is 0.747. The molecule has 35 heavy (non-hydrogen) atoms. The summed E-state index contributed by atoms with van der Waals surface area (Å²) in [5.41, 5.74) is -0.245. The van der Waals surface area contributed by atoms with Crippen molar-refractivity contribution in [3.05, 3.63) is 64.7 Å². The zero-order valence-electron chi connectivity index (χ0n) is 19.4. The van der Waals surface area contributed by atoms with Crippen molar-refractivity contribution < 1.29 is 25.6 Å². The van der Waals surface area contributed by atoms with Crippen molar-refractivity contribution >= 4 is 31.6 Å². The minimum atomic E-state index is -4.18. The lowest BCUT2D eigenvalue weighted by Crippen LogP contribution is -2.62. The molecule has 1 aliphatic heterocycles. The summed E-state index contributed by atoms with van der Waals surface area (Å²) in [7, 11) is -4.16. The number of hydrogen-bond donors (Lipinski definition) is 1. The predicted molar refractivity (Wildman–Crippen MR) is 130 cm³/mol. The van der Waals surface area contributed by atoms with Crippen molar-refractivity contribution in [3.8, 4) is 0 Å². The first-order valence-corrected chi connectivity index (χ1v) is 14.6. The van der Waals surface area contributed by atoms with E-state index >= 15 is 0 Å². The monoisotopic (exact) mass is 547 g/mol. The highest BCUT2D eigenvalue weighted by atomic mass is 35.5. The molecule has 0 unspecified atom stereocenters. The maximum Gasteiger partial charge on any atom is 0.279 e. The summed E-state index contributed by atoms with van der Waals surface area (Å²) >= 11 is 5.92. The van der Waals surface area contributed by atoms with Gasteiger partial charge in [0.15, 0.2) is 9.84 Å². The average Bonchev–Trinajstić information content (AvgIpc) is 2.74. The lowest BCUT2D eigenvalue weighted by atomic mass is 9.80. The van der Waals surface area contributed by atoms with E-state index in [0.717, 1.165) is 18.2 Å². The highest BCUT2D eigenvalue weighted by Crippen LogP contribution is 2.48. The third kappa shape index (κ3) is 4.99. The van der Waals surface area contributed by atoms with Gasteiger partial charge in [0, 0.05) is 35.8 Å². The second-order valence-electron chi connectivity index (χ2n) is 9.41. The molecule has 0 spiro atoms. The van der Waals surface area contributed by atoms with Gasteiger partial charge in [-0.25, -0.2) is 17.2 Å². The lowest BCUT2D eigenvalue weighted by Gasteiger charge is -2.43. The second-order valence-corrected chi connectivity index (χ2v) is 13.8. The van der Waals surface area contributed by atoms with Crippen LogP contribution in [0.3, 0.4) is 0 Å². The van der Waals surface area contributed by atoms with Crippen molar-refractivity contribution in [2.75, 3.05) is 27.2 Å². The van der Waals surface area contributed by atoms with Crippen LogP contribution in [0.25, 0.3) is 0 Å². The van der Waals surface area contributed by atoms with E-state index in [1.165, 1.54) is 28.6 Å². The molecule has 1 saturated carbocycles.